The number of ketones is 1. The van der Waals surface area contributed by atoms with Crippen LogP contribution < -0.4 is 10.6 Å². The molecule has 0 saturated heterocycles. The van der Waals surface area contributed by atoms with Gasteiger partial charge in [-0.15, -0.1) is 11.3 Å². The summed E-state index contributed by atoms with van der Waals surface area (Å²) >= 11 is 1.36. The highest BCUT2D eigenvalue weighted by atomic mass is 32.1. The van der Waals surface area contributed by atoms with E-state index in [2.05, 4.69) is 10.6 Å². The number of carbonyl (C=O) groups is 4. The van der Waals surface area contributed by atoms with E-state index < -0.39 is 24.0 Å². The maximum absolute atomic E-state index is 12.4. The predicted molar refractivity (Wildman–Crippen MR) is 105 cm³/mol. The first-order valence-corrected chi connectivity index (χ1v) is 9.65. The van der Waals surface area contributed by atoms with Crippen molar-refractivity contribution in [3.8, 4) is 0 Å². The molecule has 2 aromatic rings. The van der Waals surface area contributed by atoms with E-state index in [1.807, 2.05) is 13.0 Å². The first kappa shape index (κ1) is 21.3. The van der Waals surface area contributed by atoms with Crippen LogP contribution in [0.1, 0.15) is 46.0 Å². The molecule has 0 saturated carbocycles. The van der Waals surface area contributed by atoms with Gasteiger partial charge in [0.05, 0.1) is 11.3 Å². The Morgan fingerprint density at radius 2 is 1.75 bits per heavy atom. The topological polar surface area (TPSA) is 102 Å². The van der Waals surface area contributed by atoms with E-state index in [0.29, 0.717) is 17.0 Å². The molecule has 0 bridgehead atoms. The Hall–Kier alpha value is -3.00. The molecule has 0 unspecified atom stereocenters. The second-order valence-corrected chi connectivity index (χ2v) is 7.25. The molecule has 148 valence electrons. The number of aryl methyl sites for hydroxylation is 1. The highest BCUT2D eigenvalue weighted by Gasteiger charge is 2.26. The van der Waals surface area contributed by atoms with Gasteiger partial charge in [0.15, 0.2) is 5.78 Å². The number of benzene rings is 1. The van der Waals surface area contributed by atoms with E-state index >= 15 is 0 Å². The minimum atomic E-state index is -1.28. The highest BCUT2D eigenvalue weighted by Crippen LogP contribution is 2.20. The predicted octanol–water partition coefficient (Wildman–Crippen LogP) is 3.15. The molecule has 1 heterocycles. The van der Waals surface area contributed by atoms with Gasteiger partial charge in [0.25, 0.3) is 5.91 Å². The van der Waals surface area contributed by atoms with Crippen LogP contribution in [-0.4, -0.2) is 30.2 Å². The molecular weight excluding hydrogens is 380 g/mol. The number of hydrogen-bond acceptors (Lipinski definition) is 6. The zero-order chi connectivity index (χ0) is 20.5. The number of hydrogen-bond donors (Lipinski definition) is 2. The van der Waals surface area contributed by atoms with Gasteiger partial charge in [-0.3, -0.25) is 19.7 Å². The Morgan fingerprint density at radius 3 is 2.36 bits per heavy atom. The Labute approximate surface area is 167 Å². The number of urea groups is 1. The fourth-order valence-electron chi connectivity index (χ4n) is 2.40. The van der Waals surface area contributed by atoms with Crippen LogP contribution in [0.3, 0.4) is 0 Å². The van der Waals surface area contributed by atoms with Crippen LogP contribution in [0.15, 0.2) is 42.5 Å². The van der Waals surface area contributed by atoms with Crippen molar-refractivity contribution in [2.45, 2.75) is 32.8 Å². The van der Waals surface area contributed by atoms with Gasteiger partial charge in [-0.05, 0) is 26.0 Å². The van der Waals surface area contributed by atoms with Crippen LogP contribution in [0.4, 0.5) is 4.79 Å². The molecule has 0 spiro atoms. The minimum Gasteiger partial charge on any atom is -0.447 e. The Kier molecular flexibility index (Phi) is 7.88. The van der Waals surface area contributed by atoms with E-state index in [1.54, 1.807) is 43.3 Å². The van der Waals surface area contributed by atoms with Gasteiger partial charge in [-0.25, -0.2) is 4.79 Å². The van der Waals surface area contributed by atoms with Crippen LogP contribution in [-0.2, 0) is 14.3 Å². The molecule has 7 nitrogen and oxygen atoms in total. The van der Waals surface area contributed by atoms with Crippen LogP contribution in [0.5, 0.6) is 0 Å². The van der Waals surface area contributed by atoms with Gasteiger partial charge in [0.1, 0.15) is 0 Å². The van der Waals surface area contributed by atoms with Crippen LogP contribution >= 0.6 is 11.3 Å². The Morgan fingerprint density at radius 1 is 1.04 bits per heavy atom. The van der Waals surface area contributed by atoms with Gasteiger partial charge >= 0.3 is 12.0 Å². The molecule has 2 N–H and O–H groups in total. The molecule has 0 aliphatic heterocycles. The van der Waals surface area contributed by atoms with Crippen molar-refractivity contribution >= 4 is 35.0 Å². The summed E-state index contributed by atoms with van der Waals surface area (Å²) < 4.78 is 5.29. The second kappa shape index (κ2) is 10.4. The summed E-state index contributed by atoms with van der Waals surface area (Å²) in [7, 11) is 0. The molecule has 0 aliphatic carbocycles. The van der Waals surface area contributed by atoms with E-state index in [4.69, 9.17) is 4.74 Å². The van der Waals surface area contributed by atoms with Gasteiger partial charge in [-0.2, -0.15) is 0 Å². The molecule has 3 amide bonds. The maximum Gasteiger partial charge on any atom is 0.321 e. The SMILES string of the molecule is CCNC(=O)NC(=O)[C@H](OC(=O)CCC(=O)c1ccc(C)s1)c1ccccc1. The lowest BCUT2D eigenvalue weighted by Gasteiger charge is -2.17. The largest absolute Gasteiger partial charge is 0.447 e. The van der Waals surface area contributed by atoms with Crippen molar-refractivity contribution in [2.75, 3.05) is 6.54 Å². The molecule has 0 aliphatic rings. The van der Waals surface area contributed by atoms with Crippen LogP contribution in [0, 0.1) is 6.92 Å². The summed E-state index contributed by atoms with van der Waals surface area (Å²) in [6.45, 7) is 3.96. The van der Waals surface area contributed by atoms with E-state index in [1.165, 1.54) is 11.3 Å². The number of nitrogens with one attached hydrogen (secondary N) is 2. The van der Waals surface area contributed by atoms with Crippen molar-refractivity contribution in [1.29, 1.82) is 0 Å². The van der Waals surface area contributed by atoms with Gasteiger partial charge < -0.3 is 10.1 Å². The number of thiophene rings is 1. The summed E-state index contributed by atoms with van der Waals surface area (Å²) in [5.41, 5.74) is 0.429. The lowest BCUT2D eigenvalue weighted by atomic mass is 10.1. The molecular formula is C20H22N2O5S. The number of Topliss-reactive ketones (excluding diaryl/α,β-unsaturated/α-hetero) is 1. The first-order chi connectivity index (χ1) is 13.4. The Bertz CT molecular complexity index is 847. The number of imide groups is 1. The van der Waals surface area contributed by atoms with Crippen molar-refractivity contribution in [1.82, 2.24) is 10.6 Å². The van der Waals surface area contributed by atoms with E-state index in [9.17, 15) is 19.2 Å². The average Bonchev–Trinajstić information content (AvgIpc) is 3.11. The summed E-state index contributed by atoms with van der Waals surface area (Å²) in [6, 6.07) is 11.3. The summed E-state index contributed by atoms with van der Waals surface area (Å²) in [4.78, 5) is 50.0. The summed E-state index contributed by atoms with van der Waals surface area (Å²) in [6.07, 6.45) is -1.46. The van der Waals surface area contributed by atoms with Gasteiger partial charge in [0, 0.05) is 23.4 Å². The number of amides is 3. The first-order valence-electron chi connectivity index (χ1n) is 8.83. The van der Waals surface area contributed by atoms with Crippen molar-refractivity contribution < 1.29 is 23.9 Å². The number of rotatable bonds is 8. The minimum absolute atomic E-state index is 0.0156. The second-order valence-electron chi connectivity index (χ2n) is 5.96. The van der Waals surface area contributed by atoms with E-state index in [-0.39, 0.29) is 18.6 Å². The number of carbonyl (C=O) groups excluding carboxylic acids is 4. The molecule has 0 radical (unpaired) electrons. The van der Waals surface area contributed by atoms with Gasteiger partial charge in [0.2, 0.25) is 6.10 Å². The third-order valence-electron chi connectivity index (χ3n) is 3.74. The smallest absolute Gasteiger partial charge is 0.321 e. The van der Waals surface area contributed by atoms with Crippen molar-refractivity contribution in [3.05, 3.63) is 57.8 Å². The fourth-order valence-corrected chi connectivity index (χ4v) is 3.23. The quantitative estimate of drug-likeness (QED) is 0.522. The van der Waals surface area contributed by atoms with Gasteiger partial charge in [-0.1, -0.05) is 30.3 Å². The molecule has 1 aromatic carbocycles. The Balaban J connectivity index is 2.00. The summed E-state index contributed by atoms with van der Waals surface area (Å²) in [5, 5.41) is 4.59. The number of esters is 1. The molecule has 0 fully saturated rings. The van der Waals surface area contributed by atoms with Crippen molar-refractivity contribution in [2.24, 2.45) is 0 Å². The van der Waals surface area contributed by atoms with Crippen LogP contribution in [0.2, 0.25) is 0 Å². The van der Waals surface area contributed by atoms with E-state index in [0.717, 1.165) is 4.88 Å². The molecule has 1 atom stereocenters. The highest BCUT2D eigenvalue weighted by molar-refractivity contribution is 7.14. The zero-order valence-corrected chi connectivity index (χ0v) is 16.5. The lowest BCUT2D eigenvalue weighted by molar-refractivity contribution is -0.156. The normalized spacial score (nSPS) is 11.4. The number of ether oxygens (including phenoxy) is 1. The lowest BCUT2D eigenvalue weighted by Crippen LogP contribution is -2.42. The average molecular weight is 402 g/mol. The third kappa shape index (κ3) is 6.31. The third-order valence-corrected chi connectivity index (χ3v) is 4.78. The molecule has 1 aromatic heterocycles. The van der Waals surface area contributed by atoms with Crippen molar-refractivity contribution in [3.63, 3.8) is 0 Å². The summed E-state index contributed by atoms with van der Waals surface area (Å²) in [5.74, 6) is -1.61. The molecule has 8 heteroatoms. The fraction of sp³-hybridized carbons (Fsp3) is 0.300. The monoisotopic (exact) mass is 402 g/mol. The standard InChI is InChI=1S/C20H22N2O5S/c1-3-21-20(26)22-19(25)18(14-7-5-4-6-8-14)27-17(24)12-10-15(23)16-11-9-13(2)28-16/h4-9,11,18H,3,10,12H2,1-2H3,(H2,21,22,25,26)/t18-/m1/s1. The molecule has 28 heavy (non-hydrogen) atoms. The molecule has 2 rings (SSSR count). The maximum atomic E-state index is 12.4. The van der Waals surface area contributed by atoms with Crippen LogP contribution in [0.25, 0.3) is 0 Å². The zero-order valence-electron chi connectivity index (χ0n) is 15.7.